The first-order valence-electron chi connectivity index (χ1n) is 4.53. The van der Waals surface area contributed by atoms with Crippen LogP contribution in [-0.2, 0) is 4.79 Å². The molecule has 15 heavy (non-hydrogen) atoms. The van der Waals surface area contributed by atoms with Crippen molar-refractivity contribution < 1.29 is 4.79 Å². The molecule has 0 bridgehead atoms. The number of nitrogens with one attached hydrogen (secondary N) is 1. The molecule has 0 aromatic carbocycles. The van der Waals surface area contributed by atoms with Gasteiger partial charge in [0.1, 0.15) is 5.00 Å². The minimum Gasteiger partial charge on any atom is -0.382 e. The van der Waals surface area contributed by atoms with Gasteiger partial charge in [0.2, 0.25) is 5.91 Å². The Bertz CT molecular complexity index is 379. The van der Waals surface area contributed by atoms with E-state index in [0.29, 0.717) is 18.9 Å². The minimum atomic E-state index is 0.0558. The van der Waals surface area contributed by atoms with Gasteiger partial charge in [-0.2, -0.15) is 4.37 Å². The predicted octanol–water partition coefficient (Wildman–Crippen LogP) is 0.383. The Morgan fingerprint density at radius 1 is 1.67 bits per heavy atom. The molecule has 82 valence electrons. The Morgan fingerprint density at radius 2 is 2.47 bits per heavy atom. The van der Waals surface area contributed by atoms with Crippen molar-refractivity contribution >= 4 is 40.0 Å². The summed E-state index contributed by atoms with van der Waals surface area (Å²) in [7, 11) is 0. The zero-order valence-corrected chi connectivity index (χ0v) is 9.95. The lowest BCUT2D eigenvalue weighted by Crippen LogP contribution is -2.47. The van der Waals surface area contributed by atoms with Gasteiger partial charge in [-0.15, -0.1) is 11.8 Å². The van der Waals surface area contributed by atoms with Gasteiger partial charge in [0, 0.05) is 13.1 Å². The maximum atomic E-state index is 11.2. The normalized spacial score (nSPS) is 16.6. The molecule has 7 heteroatoms. The lowest BCUT2D eigenvalue weighted by Gasteiger charge is -2.27. The second-order valence-corrected chi connectivity index (χ2v) is 4.75. The van der Waals surface area contributed by atoms with Crippen LogP contribution < -0.4 is 16.0 Å². The third kappa shape index (κ3) is 2.03. The number of nitrogen functional groups attached to an aromatic ring is 1. The maximum Gasteiger partial charge on any atom is 0.239 e. The van der Waals surface area contributed by atoms with Crippen molar-refractivity contribution in [3.63, 3.8) is 0 Å². The van der Waals surface area contributed by atoms with Crippen LogP contribution in [-0.4, -0.2) is 36.2 Å². The Morgan fingerprint density at radius 3 is 3.13 bits per heavy atom. The molecule has 0 atom stereocenters. The van der Waals surface area contributed by atoms with Crippen molar-refractivity contribution in [3.8, 4) is 0 Å². The lowest BCUT2D eigenvalue weighted by molar-refractivity contribution is -0.120. The Kier molecular flexibility index (Phi) is 3.01. The number of carbonyl (C=O) groups excluding carboxylic acids is 1. The van der Waals surface area contributed by atoms with Crippen LogP contribution >= 0.6 is 23.3 Å². The largest absolute Gasteiger partial charge is 0.382 e. The molecule has 0 radical (unpaired) electrons. The summed E-state index contributed by atoms with van der Waals surface area (Å²) in [5.74, 6) is 0.619. The molecule has 1 fully saturated rings. The van der Waals surface area contributed by atoms with Crippen LogP contribution in [0.2, 0.25) is 0 Å². The first-order valence-corrected chi connectivity index (χ1v) is 6.53. The first kappa shape index (κ1) is 10.6. The molecule has 5 nitrogen and oxygen atoms in total. The molecule has 1 aromatic rings. The number of rotatable bonds is 2. The van der Waals surface area contributed by atoms with E-state index in [2.05, 4.69) is 9.69 Å². The number of thioether (sulfide) groups is 1. The molecule has 0 unspecified atom stereocenters. The van der Waals surface area contributed by atoms with Crippen LogP contribution in [0.3, 0.4) is 0 Å². The van der Waals surface area contributed by atoms with E-state index in [-0.39, 0.29) is 5.91 Å². The number of carbonyl (C=O) groups is 1. The average Bonchev–Trinajstić information content (AvgIpc) is 2.59. The quantitative estimate of drug-likeness (QED) is 0.736. The summed E-state index contributed by atoms with van der Waals surface area (Å²) < 4.78 is 4.11. The molecule has 0 spiro atoms. The fourth-order valence-corrected chi connectivity index (χ4v) is 3.20. The minimum absolute atomic E-state index is 0.0558. The summed E-state index contributed by atoms with van der Waals surface area (Å²) >= 11 is 2.93. The van der Waals surface area contributed by atoms with E-state index in [1.54, 1.807) is 11.8 Å². The van der Waals surface area contributed by atoms with Crippen molar-refractivity contribution in [1.29, 1.82) is 0 Å². The highest BCUT2D eigenvalue weighted by Crippen LogP contribution is 2.37. The van der Waals surface area contributed by atoms with Gasteiger partial charge in [-0.25, -0.2) is 0 Å². The Hall–Kier alpha value is -0.950. The van der Waals surface area contributed by atoms with Gasteiger partial charge in [0.15, 0.2) is 5.82 Å². The van der Waals surface area contributed by atoms with Crippen molar-refractivity contribution in [2.45, 2.75) is 4.90 Å². The molecule has 1 saturated heterocycles. The number of hydrogen-bond acceptors (Lipinski definition) is 6. The summed E-state index contributed by atoms with van der Waals surface area (Å²) in [5, 5.41) is 3.80. The van der Waals surface area contributed by atoms with Crippen LogP contribution in [0.15, 0.2) is 4.90 Å². The monoisotopic (exact) mass is 244 g/mol. The fourth-order valence-electron chi connectivity index (χ4n) is 1.49. The second-order valence-electron chi connectivity index (χ2n) is 3.18. The molecule has 2 rings (SSSR count). The highest BCUT2D eigenvalue weighted by atomic mass is 32.2. The Labute approximate surface area is 96.2 Å². The van der Waals surface area contributed by atoms with Gasteiger partial charge >= 0.3 is 0 Å². The maximum absolute atomic E-state index is 11.2. The van der Waals surface area contributed by atoms with Gasteiger partial charge in [0.05, 0.1) is 11.4 Å². The SMILES string of the molecule is CSc1c(N)nsc1N1CCNC(=O)C1. The summed E-state index contributed by atoms with van der Waals surface area (Å²) in [6.07, 6.45) is 1.97. The molecular weight excluding hydrogens is 232 g/mol. The summed E-state index contributed by atoms with van der Waals surface area (Å²) in [6.45, 7) is 1.90. The molecule has 1 aromatic heterocycles. The molecule has 2 heterocycles. The van der Waals surface area contributed by atoms with E-state index in [9.17, 15) is 4.79 Å². The van der Waals surface area contributed by atoms with Crippen molar-refractivity contribution in [2.24, 2.45) is 0 Å². The smallest absolute Gasteiger partial charge is 0.239 e. The molecular formula is C8H12N4OS2. The first-order chi connectivity index (χ1) is 7.22. The third-order valence-electron chi connectivity index (χ3n) is 2.19. The molecule has 0 saturated carbocycles. The number of amides is 1. The zero-order valence-electron chi connectivity index (χ0n) is 8.32. The van der Waals surface area contributed by atoms with E-state index >= 15 is 0 Å². The van der Waals surface area contributed by atoms with E-state index in [4.69, 9.17) is 5.73 Å². The van der Waals surface area contributed by atoms with Gasteiger partial charge in [-0.1, -0.05) is 0 Å². The van der Waals surface area contributed by atoms with Crippen LogP contribution in [0, 0.1) is 0 Å². The number of nitrogens with zero attached hydrogens (tertiary/aromatic N) is 2. The fraction of sp³-hybridized carbons (Fsp3) is 0.500. The third-order valence-corrected chi connectivity index (χ3v) is 4.05. The number of piperazine rings is 1. The topological polar surface area (TPSA) is 71.2 Å². The van der Waals surface area contributed by atoms with E-state index in [1.807, 2.05) is 11.2 Å². The molecule has 1 aliphatic rings. The zero-order chi connectivity index (χ0) is 10.8. The van der Waals surface area contributed by atoms with Gasteiger partial charge in [-0.05, 0) is 17.8 Å². The van der Waals surface area contributed by atoms with Crippen LogP contribution in [0.4, 0.5) is 10.8 Å². The van der Waals surface area contributed by atoms with Gasteiger partial charge in [-0.3, -0.25) is 4.79 Å². The number of nitrogens with two attached hydrogens (primary N) is 1. The summed E-state index contributed by atoms with van der Waals surface area (Å²) in [4.78, 5) is 14.3. The van der Waals surface area contributed by atoms with Gasteiger partial charge < -0.3 is 16.0 Å². The van der Waals surface area contributed by atoms with Crippen molar-refractivity contribution in [3.05, 3.63) is 0 Å². The van der Waals surface area contributed by atoms with Crippen LogP contribution in [0.5, 0.6) is 0 Å². The van der Waals surface area contributed by atoms with Crippen molar-refractivity contribution in [2.75, 3.05) is 36.5 Å². The lowest BCUT2D eigenvalue weighted by atomic mass is 10.3. The number of anilines is 2. The molecule has 1 amide bonds. The highest BCUT2D eigenvalue weighted by molar-refractivity contribution is 7.99. The molecule has 0 aliphatic carbocycles. The summed E-state index contributed by atoms with van der Waals surface area (Å²) in [5.41, 5.74) is 5.74. The Balaban J connectivity index is 2.24. The van der Waals surface area contributed by atoms with E-state index in [0.717, 1.165) is 16.4 Å². The average molecular weight is 244 g/mol. The van der Waals surface area contributed by atoms with E-state index < -0.39 is 0 Å². The predicted molar refractivity (Wildman–Crippen MR) is 63.5 cm³/mol. The van der Waals surface area contributed by atoms with Gasteiger partial charge in [0.25, 0.3) is 0 Å². The van der Waals surface area contributed by atoms with Crippen molar-refractivity contribution in [1.82, 2.24) is 9.69 Å². The molecule has 1 aliphatic heterocycles. The van der Waals surface area contributed by atoms with E-state index in [1.165, 1.54) is 11.5 Å². The van der Waals surface area contributed by atoms with Crippen LogP contribution in [0.1, 0.15) is 0 Å². The standard InChI is InChI=1S/C8H12N4OS2/c1-14-6-7(9)11-15-8(6)12-3-2-10-5(13)4-12/h2-4H2,1H3,(H2,9,11)(H,10,13). The number of hydrogen-bond donors (Lipinski definition) is 2. The number of aromatic nitrogens is 1. The highest BCUT2D eigenvalue weighted by Gasteiger charge is 2.22. The summed E-state index contributed by atoms with van der Waals surface area (Å²) in [6, 6.07) is 0. The van der Waals surface area contributed by atoms with Crippen LogP contribution in [0.25, 0.3) is 0 Å². The second kappa shape index (κ2) is 4.28. The molecule has 3 N–H and O–H groups in total.